The molecule has 1 aliphatic rings. The molecule has 1 saturated carbocycles. The van der Waals surface area contributed by atoms with E-state index in [4.69, 9.17) is 9.84 Å². The minimum absolute atomic E-state index is 0.0836. The van der Waals surface area contributed by atoms with Crippen LogP contribution < -0.4 is 0 Å². The largest absolute Gasteiger partial charge is 0.481 e. The van der Waals surface area contributed by atoms with Crippen molar-refractivity contribution in [2.45, 2.75) is 40.7 Å². The number of carbonyl (C=O) groups excluding carboxylic acids is 1. The summed E-state index contributed by atoms with van der Waals surface area (Å²) in [4.78, 5) is 22.5. The Morgan fingerprint density at radius 2 is 1.88 bits per heavy atom. The van der Waals surface area contributed by atoms with Gasteiger partial charge in [0.2, 0.25) is 0 Å². The van der Waals surface area contributed by atoms with Crippen molar-refractivity contribution in [1.29, 1.82) is 0 Å². The highest BCUT2D eigenvalue weighted by atomic mass is 16.5. The van der Waals surface area contributed by atoms with Gasteiger partial charge >= 0.3 is 11.9 Å². The molecular weight excluding hydrogens is 220 g/mol. The fraction of sp³-hybridized carbons (Fsp3) is 0.692. The molecule has 1 N–H and O–H groups in total. The van der Waals surface area contributed by atoms with Crippen molar-refractivity contribution in [3.63, 3.8) is 0 Å². The summed E-state index contributed by atoms with van der Waals surface area (Å²) in [5.41, 5.74) is 0.214. The van der Waals surface area contributed by atoms with E-state index in [1.807, 2.05) is 13.8 Å². The molecule has 0 radical (unpaired) electrons. The summed E-state index contributed by atoms with van der Waals surface area (Å²) in [5, 5.41) is 9.01. The summed E-state index contributed by atoms with van der Waals surface area (Å²) in [5.74, 6) is -1.66. The molecule has 0 spiro atoms. The van der Waals surface area contributed by atoms with Crippen molar-refractivity contribution in [2.75, 3.05) is 0 Å². The lowest BCUT2D eigenvalue weighted by atomic mass is 10.1. The SMILES string of the molecule is C/C(=C\[C@@H]1[C@@H](C(=O)O)C1(C)C)C(=O)OC(C)C. The highest BCUT2D eigenvalue weighted by molar-refractivity contribution is 5.88. The maximum absolute atomic E-state index is 11.6. The molecule has 2 atom stereocenters. The van der Waals surface area contributed by atoms with Crippen molar-refractivity contribution < 1.29 is 19.4 Å². The second-order valence-corrected chi connectivity index (χ2v) is 5.47. The maximum Gasteiger partial charge on any atom is 0.333 e. The molecular formula is C13H20O4. The zero-order chi connectivity index (χ0) is 13.4. The molecule has 0 unspecified atom stereocenters. The summed E-state index contributed by atoms with van der Waals surface area (Å²) in [7, 11) is 0. The van der Waals surface area contributed by atoms with Crippen LogP contribution in [-0.4, -0.2) is 23.1 Å². The quantitative estimate of drug-likeness (QED) is 0.604. The molecule has 0 aromatic rings. The van der Waals surface area contributed by atoms with Crippen molar-refractivity contribution in [3.05, 3.63) is 11.6 Å². The fourth-order valence-electron chi connectivity index (χ4n) is 2.10. The highest BCUT2D eigenvalue weighted by Crippen LogP contribution is 2.59. The normalized spacial score (nSPS) is 26.8. The number of ether oxygens (including phenoxy) is 1. The summed E-state index contributed by atoms with van der Waals surface area (Å²) in [6, 6.07) is 0. The van der Waals surface area contributed by atoms with Gasteiger partial charge in [-0.25, -0.2) is 4.79 Å². The van der Waals surface area contributed by atoms with Gasteiger partial charge in [-0.3, -0.25) is 4.79 Å². The van der Waals surface area contributed by atoms with Crippen LogP contribution in [0.4, 0.5) is 0 Å². The first-order valence-corrected chi connectivity index (χ1v) is 5.80. The van der Waals surface area contributed by atoms with Crippen LogP contribution in [0.2, 0.25) is 0 Å². The Kier molecular flexibility index (Phi) is 3.65. The molecule has 0 aromatic carbocycles. The first-order chi connectivity index (χ1) is 7.67. The van der Waals surface area contributed by atoms with Crippen LogP contribution >= 0.6 is 0 Å². The molecule has 0 bridgehead atoms. The predicted octanol–water partition coefficient (Wildman–Crippen LogP) is 2.24. The molecule has 96 valence electrons. The van der Waals surface area contributed by atoms with Gasteiger partial charge in [0.25, 0.3) is 0 Å². The lowest BCUT2D eigenvalue weighted by molar-refractivity contribution is -0.143. The molecule has 17 heavy (non-hydrogen) atoms. The summed E-state index contributed by atoms with van der Waals surface area (Å²) in [6.07, 6.45) is 1.57. The zero-order valence-electron chi connectivity index (χ0n) is 11.0. The fourth-order valence-corrected chi connectivity index (χ4v) is 2.10. The molecule has 4 heteroatoms. The third-order valence-electron chi connectivity index (χ3n) is 3.27. The summed E-state index contributed by atoms with van der Waals surface area (Å²) < 4.78 is 5.05. The number of carboxylic acids is 1. The lowest BCUT2D eigenvalue weighted by Gasteiger charge is -2.07. The molecule has 0 aliphatic heterocycles. The number of carbonyl (C=O) groups is 2. The van der Waals surface area contributed by atoms with Crippen LogP contribution in [0.1, 0.15) is 34.6 Å². The van der Waals surface area contributed by atoms with Gasteiger partial charge in [0.05, 0.1) is 12.0 Å². The van der Waals surface area contributed by atoms with Gasteiger partial charge in [-0.05, 0) is 32.1 Å². The van der Waals surface area contributed by atoms with Gasteiger partial charge in [-0.15, -0.1) is 0 Å². The predicted molar refractivity (Wildman–Crippen MR) is 63.4 cm³/mol. The average molecular weight is 240 g/mol. The molecule has 1 fully saturated rings. The molecule has 0 aromatic heterocycles. The highest BCUT2D eigenvalue weighted by Gasteiger charge is 2.61. The Morgan fingerprint density at radius 1 is 1.35 bits per heavy atom. The van der Waals surface area contributed by atoms with E-state index >= 15 is 0 Å². The summed E-state index contributed by atoms with van der Waals surface area (Å²) in [6.45, 7) is 9.03. The van der Waals surface area contributed by atoms with Crippen molar-refractivity contribution in [1.82, 2.24) is 0 Å². The van der Waals surface area contributed by atoms with Crippen molar-refractivity contribution in [2.24, 2.45) is 17.3 Å². The maximum atomic E-state index is 11.6. The van der Waals surface area contributed by atoms with Crippen LogP contribution in [0.3, 0.4) is 0 Å². The van der Waals surface area contributed by atoms with E-state index in [9.17, 15) is 9.59 Å². The first kappa shape index (κ1) is 13.7. The molecule has 1 rings (SSSR count). The van der Waals surface area contributed by atoms with E-state index in [2.05, 4.69) is 0 Å². The van der Waals surface area contributed by atoms with Crippen LogP contribution in [0.5, 0.6) is 0 Å². The van der Waals surface area contributed by atoms with E-state index < -0.39 is 11.9 Å². The third-order valence-corrected chi connectivity index (χ3v) is 3.27. The smallest absolute Gasteiger partial charge is 0.333 e. The van der Waals surface area contributed by atoms with Gasteiger partial charge < -0.3 is 9.84 Å². The molecule has 4 nitrogen and oxygen atoms in total. The number of esters is 1. The first-order valence-electron chi connectivity index (χ1n) is 5.80. The summed E-state index contributed by atoms with van der Waals surface area (Å²) >= 11 is 0. The standard InChI is InChI=1S/C13H20O4/c1-7(2)17-12(16)8(3)6-9-10(11(14)15)13(9,4)5/h6-7,9-10H,1-5H3,(H,14,15)/b8-6+/t9-,10+/m1/s1. The van der Waals surface area contributed by atoms with E-state index in [0.29, 0.717) is 5.57 Å². The van der Waals surface area contributed by atoms with Crippen molar-refractivity contribution >= 4 is 11.9 Å². The Labute approximate surface area is 102 Å². The Balaban J connectivity index is 2.71. The number of allylic oxidation sites excluding steroid dienone is 1. The number of hydrogen-bond acceptors (Lipinski definition) is 3. The average Bonchev–Trinajstić information content (AvgIpc) is 2.66. The number of hydrogen-bond donors (Lipinski definition) is 1. The van der Waals surface area contributed by atoms with E-state index in [-0.39, 0.29) is 23.4 Å². The van der Waals surface area contributed by atoms with Crippen LogP contribution in [0, 0.1) is 17.3 Å². The van der Waals surface area contributed by atoms with Crippen LogP contribution in [0.15, 0.2) is 11.6 Å². The molecule has 1 aliphatic carbocycles. The Hall–Kier alpha value is -1.32. The van der Waals surface area contributed by atoms with Crippen LogP contribution in [-0.2, 0) is 14.3 Å². The molecule has 0 heterocycles. The molecule has 0 amide bonds. The van der Waals surface area contributed by atoms with E-state index in [1.165, 1.54) is 0 Å². The molecule has 0 saturated heterocycles. The monoisotopic (exact) mass is 240 g/mol. The topological polar surface area (TPSA) is 63.6 Å². The minimum atomic E-state index is -0.804. The van der Waals surface area contributed by atoms with Gasteiger partial charge in [0, 0.05) is 5.57 Å². The second-order valence-electron chi connectivity index (χ2n) is 5.47. The number of aliphatic carboxylic acids is 1. The number of carboxylic acid groups (broad SMARTS) is 1. The lowest BCUT2D eigenvalue weighted by Crippen LogP contribution is -2.12. The van der Waals surface area contributed by atoms with Gasteiger partial charge in [0.1, 0.15) is 0 Å². The number of rotatable bonds is 4. The third kappa shape index (κ3) is 2.87. The van der Waals surface area contributed by atoms with E-state index in [0.717, 1.165) is 0 Å². The van der Waals surface area contributed by atoms with Gasteiger partial charge in [0.15, 0.2) is 0 Å². The Bertz CT molecular complexity index is 366. The second kappa shape index (κ2) is 4.51. The zero-order valence-corrected chi connectivity index (χ0v) is 11.0. The van der Waals surface area contributed by atoms with Gasteiger partial charge in [-0.1, -0.05) is 19.9 Å². The van der Waals surface area contributed by atoms with Crippen LogP contribution in [0.25, 0.3) is 0 Å². The minimum Gasteiger partial charge on any atom is -0.481 e. The van der Waals surface area contributed by atoms with E-state index in [1.54, 1.807) is 26.8 Å². The van der Waals surface area contributed by atoms with Crippen molar-refractivity contribution in [3.8, 4) is 0 Å². The van der Waals surface area contributed by atoms with Gasteiger partial charge in [-0.2, -0.15) is 0 Å². The Morgan fingerprint density at radius 3 is 2.24 bits per heavy atom.